The second kappa shape index (κ2) is 5.48. The van der Waals surface area contributed by atoms with E-state index in [0.29, 0.717) is 6.04 Å². The number of fused-ring (bicyclic) bond motifs is 2. The highest BCUT2D eigenvalue weighted by atomic mass is 15.2. The van der Waals surface area contributed by atoms with E-state index in [0.717, 1.165) is 24.2 Å². The second-order valence-corrected chi connectivity index (χ2v) is 6.85. The van der Waals surface area contributed by atoms with Crippen molar-refractivity contribution in [3.05, 3.63) is 0 Å². The summed E-state index contributed by atoms with van der Waals surface area (Å²) in [5.74, 6) is 0. The molecule has 3 rings (SSSR count). The number of nitrogens with two attached hydrogens (primary N) is 1. The lowest BCUT2D eigenvalue weighted by molar-refractivity contribution is 0.0442. The van der Waals surface area contributed by atoms with Crippen molar-refractivity contribution in [1.82, 2.24) is 10.2 Å². The molecule has 3 aliphatic rings. The fourth-order valence-electron chi connectivity index (χ4n) is 4.37. The van der Waals surface area contributed by atoms with Crippen LogP contribution in [-0.4, -0.2) is 42.2 Å². The Hall–Kier alpha value is -0.120. The van der Waals surface area contributed by atoms with Crippen molar-refractivity contribution in [2.75, 3.05) is 7.05 Å². The molecule has 2 atom stereocenters. The van der Waals surface area contributed by atoms with E-state index in [4.69, 9.17) is 5.73 Å². The van der Waals surface area contributed by atoms with Crippen molar-refractivity contribution < 1.29 is 0 Å². The summed E-state index contributed by atoms with van der Waals surface area (Å²) in [6.07, 6.45) is 12.1. The molecule has 0 amide bonds. The lowest BCUT2D eigenvalue weighted by Gasteiger charge is -2.48. The minimum atomic E-state index is 0.472. The van der Waals surface area contributed by atoms with Gasteiger partial charge in [-0.1, -0.05) is 6.42 Å². The van der Waals surface area contributed by atoms with Gasteiger partial charge in [0.1, 0.15) is 0 Å². The lowest BCUT2D eigenvalue weighted by atomic mass is 9.81. The van der Waals surface area contributed by atoms with Crippen molar-refractivity contribution in [1.29, 1.82) is 0 Å². The van der Waals surface area contributed by atoms with Gasteiger partial charge in [0, 0.05) is 30.2 Å². The maximum Gasteiger partial charge on any atom is 0.0110 e. The Bertz CT molecular complexity index is 259. The molecule has 0 aromatic rings. The van der Waals surface area contributed by atoms with Gasteiger partial charge in [0.25, 0.3) is 0 Å². The number of hydrogen-bond acceptors (Lipinski definition) is 3. The maximum atomic E-state index is 5.99. The fraction of sp³-hybridized carbons (Fsp3) is 1.00. The highest BCUT2D eigenvalue weighted by Crippen LogP contribution is 2.33. The van der Waals surface area contributed by atoms with E-state index in [9.17, 15) is 0 Å². The van der Waals surface area contributed by atoms with Crippen LogP contribution in [0.15, 0.2) is 0 Å². The number of rotatable bonds is 2. The van der Waals surface area contributed by atoms with E-state index >= 15 is 0 Å². The van der Waals surface area contributed by atoms with Gasteiger partial charge in [-0.05, 0) is 58.4 Å². The largest absolute Gasteiger partial charge is 0.328 e. The van der Waals surface area contributed by atoms with Crippen molar-refractivity contribution in [3.8, 4) is 0 Å². The van der Waals surface area contributed by atoms with Gasteiger partial charge in [0.15, 0.2) is 0 Å². The van der Waals surface area contributed by atoms with Crippen LogP contribution in [0.25, 0.3) is 0 Å². The Labute approximate surface area is 111 Å². The summed E-state index contributed by atoms with van der Waals surface area (Å²) in [5, 5.41) is 3.95. The molecular formula is C15H29N3. The monoisotopic (exact) mass is 251 g/mol. The minimum absolute atomic E-state index is 0.472. The molecule has 3 nitrogen and oxygen atoms in total. The molecule has 3 fully saturated rings. The zero-order chi connectivity index (χ0) is 12.5. The summed E-state index contributed by atoms with van der Waals surface area (Å²) in [6, 6.07) is 3.69. The molecule has 3 heteroatoms. The molecule has 1 aliphatic carbocycles. The van der Waals surface area contributed by atoms with Crippen LogP contribution in [0.5, 0.6) is 0 Å². The first-order valence-electron chi connectivity index (χ1n) is 7.96. The third-order valence-corrected chi connectivity index (χ3v) is 5.58. The number of hydrogen-bond donors (Lipinski definition) is 2. The number of nitrogens with zero attached hydrogens (tertiary/aromatic N) is 1. The molecular weight excluding hydrogens is 222 g/mol. The van der Waals surface area contributed by atoms with Crippen LogP contribution >= 0.6 is 0 Å². The molecule has 2 bridgehead atoms. The minimum Gasteiger partial charge on any atom is -0.328 e. The summed E-state index contributed by atoms with van der Waals surface area (Å²) in [5.41, 5.74) is 5.99. The van der Waals surface area contributed by atoms with Gasteiger partial charge in [-0.2, -0.15) is 0 Å². The quantitative estimate of drug-likeness (QED) is 0.787. The molecule has 2 saturated heterocycles. The Morgan fingerprint density at radius 1 is 0.889 bits per heavy atom. The lowest BCUT2D eigenvalue weighted by Crippen LogP contribution is -2.56. The van der Waals surface area contributed by atoms with Gasteiger partial charge in [0.05, 0.1) is 0 Å². The van der Waals surface area contributed by atoms with E-state index in [1.54, 1.807) is 0 Å². The van der Waals surface area contributed by atoms with Gasteiger partial charge in [0.2, 0.25) is 0 Å². The van der Waals surface area contributed by atoms with E-state index < -0.39 is 0 Å². The fourth-order valence-corrected chi connectivity index (χ4v) is 4.37. The Morgan fingerprint density at radius 2 is 1.50 bits per heavy atom. The van der Waals surface area contributed by atoms with Gasteiger partial charge in [-0.15, -0.1) is 0 Å². The van der Waals surface area contributed by atoms with Gasteiger partial charge >= 0.3 is 0 Å². The normalized spacial score (nSPS) is 46.0. The Kier molecular flexibility index (Phi) is 3.92. The van der Waals surface area contributed by atoms with Crippen molar-refractivity contribution in [3.63, 3.8) is 0 Å². The van der Waals surface area contributed by atoms with E-state index in [1.807, 2.05) is 0 Å². The Morgan fingerprint density at radius 3 is 2.11 bits per heavy atom. The van der Waals surface area contributed by atoms with Crippen LogP contribution in [0.4, 0.5) is 0 Å². The Balaban J connectivity index is 1.52. The molecule has 2 unspecified atom stereocenters. The predicted molar refractivity (Wildman–Crippen MR) is 75.6 cm³/mol. The predicted octanol–water partition coefficient (Wildman–Crippen LogP) is 1.86. The summed E-state index contributed by atoms with van der Waals surface area (Å²) in [7, 11) is 2.34. The number of nitrogens with one attached hydrogen (secondary N) is 1. The topological polar surface area (TPSA) is 41.3 Å². The van der Waals surface area contributed by atoms with Crippen molar-refractivity contribution >= 4 is 0 Å². The van der Waals surface area contributed by atoms with Crippen molar-refractivity contribution in [2.45, 2.75) is 88.0 Å². The molecule has 0 aromatic carbocycles. The maximum absolute atomic E-state index is 5.99. The third kappa shape index (κ3) is 2.73. The first-order valence-corrected chi connectivity index (χ1v) is 7.96. The molecule has 0 aromatic heterocycles. The first-order chi connectivity index (χ1) is 8.72. The molecule has 1 saturated carbocycles. The molecule has 0 spiro atoms. The van der Waals surface area contributed by atoms with Crippen molar-refractivity contribution in [2.24, 2.45) is 5.73 Å². The molecule has 18 heavy (non-hydrogen) atoms. The van der Waals surface area contributed by atoms with Crippen LogP contribution in [0, 0.1) is 0 Å². The number of piperidine rings is 2. The molecule has 3 N–H and O–H groups in total. The van der Waals surface area contributed by atoms with E-state index in [-0.39, 0.29) is 0 Å². The summed E-state index contributed by atoms with van der Waals surface area (Å²) in [6.45, 7) is 0. The second-order valence-electron chi connectivity index (χ2n) is 6.85. The average Bonchev–Trinajstić information content (AvgIpc) is 2.33. The van der Waals surface area contributed by atoms with Crippen LogP contribution in [0.3, 0.4) is 0 Å². The zero-order valence-corrected chi connectivity index (χ0v) is 11.8. The SMILES string of the molecule is CN1C2CCCC1CC(NC1CCC(N)CC1)C2. The van der Waals surface area contributed by atoms with Crippen LogP contribution < -0.4 is 11.1 Å². The third-order valence-electron chi connectivity index (χ3n) is 5.58. The van der Waals surface area contributed by atoms with Gasteiger partial charge in [-0.3, -0.25) is 0 Å². The summed E-state index contributed by atoms with van der Waals surface area (Å²) >= 11 is 0. The first kappa shape index (κ1) is 12.9. The smallest absolute Gasteiger partial charge is 0.0110 e. The zero-order valence-electron chi connectivity index (χ0n) is 11.8. The van der Waals surface area contributed by atoms with E-state index in [2.05, 4.69) is 17.3 Å². The van der Waals surface area contributed by atoms with E-state index in [1.165, 1.54) is 57.8 Å². The summed E-state index contributed by atoms with van der Waals surface area (Å²) in [4.78, 5) is 2.65. The standard InChI is InChI=1S/C15H29N3/c1-18-14-3-2-4-15(18)10-13(9-14)17-12-7-5-11(16)6-8-12/h11-15,17H,2-10,16H2,1H3. The summed E-state index contributed by atoms with van der Waals surface area (Å²) < 4.78 is 0. The molecule has 2 heterocycles. The van der Waals surface area contributed by atoms with Gasteiger partial charge in [-0.25, -0.2) is 0 Å². The van der Waals surface area contributed by atoms with Crippen LogP contribution in [0.1, 0.15) is 57.8 Å². The van der Waals surface area contributed by atoms with Gasteiger partial charge < -0.3 is 16.0 Å². The average molecular weight is 251 g/mol. The molecule has 104 valence electrons. The highest BCUT2D eigenvalue weighted by molar-refractivity contribution is 4.95. The van der Waals surface area contributed by atoms with Crippen LogP contribution in [0.2, 0.25) is 0 Å². The van der Waals surface area contributed by atoms with Crippen LogP contribution in [-0.2, 0) is 0 Å². The highest BCUT2D eigenvalue weighted by Gasteiger charge is 2.36. The molecule has 0 radical (unpaired) electrons. The molecule has 2 aliphatic heterocycles.